The van der Waals surface area contributed by atoms with Gasteiger partial charge in [-0.2, -0.15) is 10.2 Å². The van der Waals surface area contributed by atoms with Crippen LogP contribution in [0, 0.1) is 0 Å². The largest absolute Gasteiger partial charge is 0.381 e. The third-order valence-corrected chi connectivity index (χ3v) is 4.30. The predicted molar refractivity (Wildman–Crippen MR) is 85.3 cm³/mol. The van der Waals surface area contributed by atoms with Gasteiger partial charge in [0, 0.05) is 23.2 Å². The molecule has 0 amide bonds. The van der Waals surface area contributed by atoms with Gasteiger partial charge in [0.1, 0.15) is 0 Å². The molecular weight excluding hydrogens is 282 g/mol. The molecule has 0 saturated heterocycles. The van der Waals surface area contributed by atoms with Gasteiger partial charge in [0.25, 0.3) is 0 Å². The maximum atomic E-state index is 4.16. The van der Waals surface area contributed by atoms with Crippen LogP contribution in [-0.2, 0) is 6.54 Å². The Kier molecular flexibility index (Phi) is 2.93. The molecule has 5 nitrogen and oxygen atoms in total. The minimum atomic E-state index is 0.726. The Morgan fingerprint density at radius 1 is 1.10 bits per heavy atom. The molecular formula is C15H13N5S. The average molecular weight is 295 g/mol. The van der Waals surface area contributed by atoms with Crippen LogP contribution in [0.25, 0.3) is 21.5 Å². The number of benzene rings is 1. The summed E-state index contributed by atoms with van der Waals surface area (Å²) >= 11 is 1.71. The molecule has 0 radical (unpaired) electrons. The van der Waals surface area contributed by atoms with Crippen molar-refractivity contribution in [3.05, 3.63) is 53.7 Å². The van der Waals surface area contributed by atoms with Crippen molar-refractivity contribution in [1.82, 2.24) is 20.4 Å². The van der Waals surface area contributed by atoms with E-state index in [0.29, 0.717) is 0 Å². The number of aromatic amines is 2. The van der Waals surface area contributed by atoms with E-state index in [1.165, 1.54) is 4.88 Å². The first kappa shape index (κ1) is 12.2. The van der Waals surface area contributed by atoms with Crippen LogP contribution in [0.5, 0.6) is 0 Å². The number of rotatable bonds is 4. The molecule has 0 aliphatic rings. The molecule has 4 aromatic rings. The molecule has 4 rings (SSSR count). The van der Waals surface area contributed by atoms with Crippen LogP contribution >= 0.6 is 11.3 Å². The summed E-state index contributed by atoms with van der Waals surface area (Å²) in [5.74, 6) is 0. The van der Waals surface area contributed by atoms with Gasteiger partial charge in [-0.1, -0.05) is 6.07 Å². The van der Waals surface area contributed by atoms with Crippen LogP contribution in [0.1, 0.15) is 5.56 Å². The van der Waals surface area contributed by atoms with Gasteiger partial charge in [0.15, 0.2) is 0 Å². The lowest BCUT2D eigenvalue weighted by atomic mass is 10.2. The topological polar surface area (TPSA) is 69.4 Å². The van der Waals surface area contributed by atoms with Crippen molar-refractivity contribution in [2.75, 3.05) is 5.32 Å². The predicted octanol–water partition coefficient (Wildman–Crippen LogP) is 3.63. The van der Waals surface area contributed by atoms with Crippen molar-refractivity contribution in [1.29, 1.82) is 0 Å². The van der Waals surface area contributed by atoms with Gasteiger partial charge in [-0.3, -0.25) is 10.2 Å². The molecule has 0 saturated carbocycles. The third kappa shape index (κ3) is 2.30. The van der Waals surface area contributed by atoms with Crippen LogP contribution in [-0.4, -0.2) is 20.4 Å². The Morgan fingerprint density at radius 3 is 2.95 bits per heavy atom. The molecule has 0 bridgehead atoms. The summed E-state index contributed by atoms with van der Waals surface area (Å²) in [6.45, 7) is 0.726. The highest BCUT2D eigenvalue weighted by molar-refractivity contribution is 7.13. The lowest BCUT2D eigenvalue weighted by molar-refractivity contribution is 1.10. The molecule has 1 aromatic carbocycles. The fourth-order valence-corrected chi connectivity index (χ4v) is 3.08. The van der Waals surface area contributed by atoms with E-state index < -0.39 is 0 Å². The molecule has 104 valence electrons. The second kappa shape index (κ2) is 5.06. The van der Waals surface area contributed by atoms with Gasteiger partial charge >= 0.3 is 0 Å². The molecule has 0 atom stereocenters. The summed E-state index contributed by atoms with van der Waals surface area (Å²) in [7, 11) is 0. The van der Waals surface area contributed by atoms with Gasteiger partial charge in [-0.05, 0) is 29.6 Å². The second-order valence-electron chi connectivity index (χ2n) is 4.77. The summed E-state index contributed by atoms with van der Waals surface area (Å²) in [4.78, 5) is 1.20. The van der Waals surface area contributed by atoms with Crippen molar-refractivity contribution in [2.45, 2.75) is 6.54 Å². The zero-order valence-corrected chi connectivity index (χ0v) is 11.9. The standard InChI is InChI=1S/C15H13N5S/c1-2-14(21-5-1)15-11(9-18-20-15)7-16-12-4-3-10-8-17-19-13(10)6-12/h1-6,8-9,16H,7H2,(H,17,19)(H,18,20). The van der Waals surface area contributed by atoms with E-state index >= 15 is 0 Å². The Hall–Kier alpha value is -2.60. The molecule has 0 unspecified atom stereocenters. The van der Waals surface area contributed by atoms with E-state index in [9.17, 15) is 0 Å². The zero-order valence-electron chi connectivity index (χ0n) is 11.1. The number of anilines is 1. The summed E-state index contributed by atoms with van der Waals surface area (Å²) in [6, 6.07) is 10.3. The number of fused-ring (bicyclic) bond motifs is 1. The Morgan fingerprint density at radius 2 is 2.05 bits per heavy atom. The smallest absolute Gasteiger partial charge is 0.0799 e. The minimum absolute atomic E-state index is 0.726. The van der Waals surface area contributed by atoms with E-state index in [1.807, 2.05) is 18.5 Å². The zero-order chi connectivity index (χ0) is 14.1. The Balaban J connectivity index is 1.55. The first-order valence-electron chi connectivity index (χ1n) is 6.63. The highest BCUT2D eigenvalue weighted by Crippen LogP contribution is 2.26. The van der Waals surface area contributed by atoms with Gasteiger partial charge < -0.3 is 5.32 Å². The van der Waals surface area contributed by atoms with Crippen LogP contribution in [0.4, 0.5) is 5.69 Å². The molecule has 0 aliphatic carbocycles. The Labute approximate surface area is 125 Å². The van der Waals surface area contributed by atoms with E-state index in [1.54, 1.807) is 11.3 Å². The number of aromatic nitrogens is 4. The molecule has 0 spiro atoms. The lowest BCUT2D eigenvalue weighted by Crippen LogP contribution is -1.99. The van der Waals surface area contributed by atoms with Crippen LogP contribution in [0.15, 0.2) is 48.1 Å². The van der Waals surface area contributed by atoms with Gasteiger partial charge in [0.05, 0.1) is 28.5 Å². The number of nitrogens with zero attached hydrogens (tertiary/aromatic N) is 2. The fourth-order valence-electron chi connectivity index (χ4n) is 2.32. The summed E-state index contributed by atoms with van der Waals surface area (Å²) < 4.78 is 0. The fraction of sp³-hybridized carbons (Fsp3) is 0.0667. The van der Waals surface area contributed by atoms with E-state index in [4.69, 9.17) is 0 Å². The number of H-pyrrole nitrogens is 2. The first-order chi connectivity index (χ1) is 10.4. The summed E-state index contributed by atoms with van der Waals surface area (Å²) in [5, 5.41) is 20.9. The van der Waals surface area contributed by atoms with Crippen LogP contribution in [0.3, 0.4) is 0 Å². The van der Waals surface area contributed by atoms with Crippen molar-refractivity contribution < 1.29 is 0 Å². The highest BCUT2D eigenvalue weighted by atomic mass is 32.1. The van der Waals surface area contributed by atoms with Crippen molar-refractivity contribution in [3.8, 4) is 10.6 Å². The first-order valence-corrected chi connectivity index (χ1v) is 7.51. The molecule has 3 heterocycles. The maximum absolute atomic E-state index is 4.16. The van der Waals surface area contributed by atoms with Gasteiger partial charge in [-0.25, -0.2) is 0 Å². The average Bonchev–Trinajstić information content (AvgIpc) is 3.24. The number of thiophene rings is 1. The minimum Gasteiger partial charge on any atom is -0.381 e. The van der Waals surface area contributed by atoms with Gasteiger partial charge in [-0.15, -0.1) is 11.3 Å². The molecule has 6 heteroatoms. The van der Waals surface area contributed by atoms with Crippen molar-refractivity contribution in [2.24, 2.45) is 0 Å². The monoisotopic (exact) mass is 295 g/mol. The number of hydrogen-bond donors (Lipinski definition) is 3. The number of hydrogen-bond acceptors (Lipinski definition) is 4. The summed E-state index contributed by atoms with van der Waals surface area (Å²) in [6.07, 6.45) is 3.70. The normalized spacial score (nSPS) is 11.0. The molecule has 0 fully saturated rings. The van der Waals surface area contributed by atoms with Gasteiger partial charge in [0.2, 0.25) is 0 Å². The Bertz CT molecular complexity index is 859. The van der Waals surface area contributed by atoms with E-state index in [-0.39, 0.29) is 0 Å². The second-order valence-corrected chi connectivity index (χ2v) is 5.72. The van der Waals surface area contributed by atoms with Crippen molar-refractivity contribution >= 4 is 27.9 Å². The highest BCUT2D eigenvalue weighted by Gasteiger charge is 2.08. The van der Waals surface area contributed by atoms with Crippen LogP contribution < -0.4 is 5.32 Å². The van der Waals surface area contributed by atoms with E-state index in [2.05, 4.69) is 55.4 Å². The SMILES string of the molecule is c1csc(-c2[nH]ncc2CNc2ccc3cn[nH]c3c2)c1. The maximum Gasteiger partial charge on any atom is 0.0799 e. The quantitative estimate of drug-likeness (QED) is 0.538. The van der Waals surface area contributed by atoms with Crippen molar-refractivity contribution in [3.63, 3.8) is 0 Å². The third-order valence-electron chi connectivity index (χ3n) is 3.41. The molecule has 3 N–H and O–H groups in total. The molecule has 21 heavy (non-hydrogen) atoms. The number of nitrogens with one attached hydrogen (secondary N) is 3. The molecule has 0 aliphatic heterocycles. The lowest BCUT2D eigenvalue weighted by Gasteiger charge is -2.06. The van der Waals surface area contributed by atoms with E-state index in [0.717, 1.165) is 34.4 Å². The summed E-state index contributed by atoms with van der Waals surface area (Å²) in [5.41, 5.74) is 4.33. The molecule has 3 aromatic heterocycles. The van der Waals surface area contributed by atoms with Crippen LogP contribution in [0.2, 0.25) is 0 Å².